The molecule has 12 heteroatoms. The summed E-state index contributed by atoms with van der Waals surface area (Å²) in [5.74, 6) is -1.63. The fourth-order valence-electron chi connectivity index (χ4n) is 8.71. The van der Waals surface area contributed by atoms with Gasteiger partial charge in [0.2, 0.25) is 11.8 Å². The Balaban J connectivity index is 1.04. The van der Waals surface area contributed by atoms with Crippen molar-refractivity contribution in [3.8, 4) is 5.75 Å². The number of carbonyl (C=O) groups is 3. The molecule has 246 valence electrons. The van der Waals surface area contributed by atoms with Crippen LogP contribution in [0.2, 0.25) is 10.0 Å². The summed E-state index contributed by atoms with van der Waals surface area (Å²) >= 11 is 15.5. The molecular formula is C37H27Cl2N3O5S2. The van der Waals surface area contributed by atoms with E-state index in [0.717, 1.165) is 44.0 Å². The molecule has 0 radical (unpaired) electrons. The van der Waals surface area contributed by atoms with Crippen molar-refractivity contribution in [1.29, 1.82) is 0 Å². The standard InChI is InChI=1S/C37H27Cl2N3O5S2/c38-19-6-10-22(11-7-19)42-35(44)30-24-15-25(31(30)36(42)45)32-29(24)28(33-34(48-32)41-37(46)49-33)23-14-20(39)8-12-26(23)47-16-27(43)40-21-9-5-17-3-1-2-4-18(17)13-21/h1-14,24-25,28-32H,15-16H2,(H,40,43)(H,41,46)/t24?,25?,28-,29?,30?,31?,32?/m1/s1. The molecule has 3 heterocycles. The number of rotatable bonds is 6. The first-order valence-electron chi connectivity index (χ1n) is 16.0. The molecule has 49 heavy (non-hydrogen) atoms. The Bertz CT molecular complexity index is 2250. The minimum atomic E-state index is -0.467. The van der Waals surface area contributed by atoms with E-state index < -0.39 is 11.8 Å². The molecule has 9 rings (SSSR count). The van der Waals surface area contributed by atoms with Crippen molar-refractivity contribution >= 4 is 86.2 Å². The Morgan fingerprint density at radius 3 is 2.41 bits per heavy atom. The zero-order valence-electron chi connectivity index (χ0n) is 25.6. The molecule has 2 aliphatic heterocycles. The third kappa shape index (κ3) is 5.02. The summed E-state index contributed by atoms with van der Waals surface area (Å²) in [5, 5.41) is 6.79. The molecule has 7 atom stereocenters. The topological polar surface area (TPSA) is 109 Å². The Hall–Kier alpha value is -4.09. The molecule has 2 bridgehead atoms. The predicted octanol–water partition coefficient (Wildman–Crippen LogP) is 7.59. The number of H-pyrrole nitrogens is 1. The van der Waals surface area contributed by atoms with Crippen molar-refractivity contribution in [2.75, 3.05) is 16.8 Å². The SMILES string of the molecule is O=C(COc1ccc(Cl)cc1[C@H]1c2sc(=O)[nH]c2SC2C3CC(C4C(=O)N(c5ccc(Cl)cc5)C(=O)C34)C21)Nc1ccc2ccccc2c1. The highest BCUT2D eigenvalue weighted by Gasteiger charge is 2.69. The van der Waals surface area contributed by atoms with Gasteiger partial charge in [0, 0.05) is 37.3 Å². The van der Waals surface area contributed by atoms with Gasteiger partial charge in [0.15, 0.2) is 6.61 Å². The predicted molar refractivity (Wildman–Crippen MR) is 192 cm³/mol. The fraction of sp³-hybridized carbons (Fsp3) is 0.243. The summed E-state index contributed by atoms with van der Waals surface area (Å²) in [5.41, 5.74) is 1.95. The molecule has 8 nitrogen and oxygen atoms in total. The summed E-state index contributed by atoms with van der Waals surface area (Å²) in [7, 11) is 0. The molecule has 3 amide bonds. The molecule has 1 aromatic heterocycles. The number of anilines is 2. The zero-order chi connectivity index (χ0) is 33.6. The molecule has 2 saturated carbocycles. The maximum atomic E-state index is 14.1. The second-order valence-electron chi connectivity index (χ2n) is 13.0. The van der Waals surface area contributed by atoms with Crippen LogP contribution in [0.25, 0.3) is 10.8 Å². The lowest BCUT2D eigenvalue weighted by Gasteiger charge is -2.43. The number of carbonyl (C=O) groups excluding carboxylic acids is 3. The van der Waals surface area contributed by atoms with Crippen LogP contribution in [0.3, 0.4) is 0 Å². The number of thioether (sulfide) groups is 1. The lowest BCUT2D eigenvalue weighted by atomic mass is 9.68. The molecule has 0 spiro atoms. The molecule has 4 aliphatic rings. The monoisotopic (exact) mass is 727 g/mol. The first-order chi connectivity index (χ1) is 23.7. The van der Waals surface area contributed by atoms with E-state index in [9.17, 15) is 19.2 Å². The number of imide groups is 1. The van der Waals surface area contributed by atoms with E-state index in [0.29, 0.717) is 27.2 Å². The van der Waals surface area contributed by atoms with E-state index in [1.807, 2.05) is 48.5 Å². The lowest BCUT2D eigenvalue weighted by molar-refractivity contribution is -0.123. The van der Waals surface area contributed by atoms with Gasteiger partial charge >= 0.3 is 4.87 Å². The molecule has 1 saturated heterocycles. The Kier molecular flexibility index (Phi) is 7.42. The van der Waals surface area contributed by atoms with Gasteiger partial charge in [-0.25, -0.2) is 0 Å². The number of thiazole rings is 1. The second-order valence-corrected chi connectivity index (χ2v) is 16.1. The molecule has 3 fully saturated rings. The normalized spacial score (nSPS) is 26.5. The van der Waals surface area contributed by atoms with Gasteiger partial charge in [-0.1, -0.05) is 64.9 Å². The Morgan fingerprint density at radius 2 is 1.61 bits per heavy atom. The van der Waals surface area contributed by atoms with E-state index in [4.69, 9.17) is 27.9 Å². The maximum Gasteiger partial charge on any atom is 0.305 e. The minimum Gasteiger partial charge on any atom is -0.483 e. The lowest BCUT2D eigenvalue weighted by Crippen LogP contribution is -2.42. The minimum absolute atomic E-state index is 0.0149. The third-order valence-electron chi connectivity index (χ3n) is 10.5. The number of ether oxygens (including phenoxy) is 1. The molecule has 6 unspecified atom stereocenters. The van der Waals surface area contributed by atoms with Crippen LogP contribution in [0.4, 0.5) is 11.4 Å². The number of fused-ring (bicyclic) bond motifs is 10. The van der Waals surface area contributed by atoms with Crippen molar-refractivity contribution in [2.24, 2.45) is 29.6 Å². The molecule has 2 aliphatic carbocycles. The van der Waals surface area contributed by atoms with Crippen molar-refractivity contribution in [3.63, 3.8) is 0 Å². The van der Waals surface area contributed by atoms with Crippen LogP contribution < -0.4 is 19.8 Å². The molecular weight excluding hydrogens is 701 g/mol. The number of aromatic amines is 1. The first-order valence-corrected chi connectivity index (χ1v) is 18.4. The maximum absolute atomic E-state index is 14.1. The van der Waals surface area contributed by atoms with E-state index >= 15 is 0 Å². The van der Waals surface area contributed by atoms with Gasteiger partial charge in [0.1, 0.15) is 5.75 Å². The van der Waals surface area contributed by atoms with E-state index in [1.165, 1.54) is 4.90 Å². The largest absolute Gasteiger partial charge is 0.483 e. The van der Waals surface area contributed by atoms with E-state index in [2.05, 4.69) is 10.3 Å². The Morgan fingerprint density at radius 1 is 0.878 bits per heavy atom. The van der Waals surface area contributed by atoms with Gasteiger partial charge in [-0.3, -0.25) is 24.1 Å². The summed E-state index contributed by atoms with van der Waals surface area (Å²) in [6.45, 7) is -0.243. The second kappa shape index (κ2) is 11.8. The summed E-state index contributed by atoms with van der Waals surface area (Å²) in [6.07, 6.45) is 0.740. The number of aromatic nitrogens is 1. The van der Waals surface area contributed by atoms with Crippen molar-refractivity contribution in [3.05, 3.63) is 115 Å². The van der Waals surface area contributed by atoms with Gasteiger partial charge in [-0.05, 0) is 89.5 Å². The zero-order valence-corrected chi connectivity index (χ0v) is 28.7. The number of nitrogens with zero attached hydrogens (tertiary/aromatic N) is 1. The van der Waals surface area contributed by atoms with Crippen LogP contribution in [0.1, 0.15) is 22.8 Å². The van der Waals surface area contributed by atoms with Gasteiger partial charge < -0.3 is 15.0 Å². The summed E-state index contributed by atoms with van der Waals surface area (Å²) in [6, 6.07) is 25.8. The average molecular weight is 729 g/mol. The highest BCUT2D eigenvalue weighted by molar-refractivity contribution is 8.00. The summed E-state index contributed by atoms with van der Waals surface area (Å²) in [4.78, 5) is 59.0. The number of nitrogens with one attached hydrogen (secondary N) is 2. The van der Waals surface area contributed by atoms with Crippen LogP contribution in [0.5, 0.6) is 5.75 Å². The van der Waals surface area contributed by atoms with Gasteiger partial charge in [-0.15, -0.1) is 11.8 Å². The molecule has 2 N–H and O–H groups in total. The van der Waals surface area contributed by atoms with Crippen LogP contribution >= 0.6 is 46.3 Å². The Labute approximate surface area is 298 Å². The highest BCUT2D eigenvalue weighted by atomic mass is 35.5. The first kappa shape index (κ1) is 30.9. The van der Waals surface area contributed by atoms with E-state index in [1.54, 1.807) is 48.2 Å². The third-order valence-corrected chi connectivity index (χ3v) is 13.6. The van der Waals surface area contributed by atoms with Crippen LogP contribution in [0.15, 0.2) is 94.7 Å². The van der Waals surface area contributed by atoms with Crippen molar-refractivity contribution < 1.29 is 19.1 Å². The number of hydrogen-bond acceptors (Lipinski definition) is 7. The average Bonchev–Trinajstić information content (AvgIpc) is 3.83. The van der Waals surface area contributed by atoms with Gasteiger partial charge in [0.25, 0.3) is 5.91 Å². The quantitative estimate of drug-likeness (QED) is 0.175. The number of benzene rings is 4. The van der Waals surface area contributed by atoms with Gasteiger partial charge in [0.05, 0.1) is 22.5 Å². The van der Waals surface area contributed by atoms with Crippen LogP contribution in [-0.2, 0) is 14.4 Å². The summed E-state index contributed by atoms with van der Waals surface area (Å²) < 4.78 is 6.23. The number of amides is 3. The smallest absolute Gasteiger partial charge is 0.305 e. The van der Waals surface area contributed by atoms with Crippen molar-refractivity contribution in [2.45, 2.75) is 22.6 Å². The van der Waals surface area contributed by atoms with E-state index in [-0.39, 0.29) is 58.1 Å². The van der Waals surface area contributed by atoms with Gasteiger partial charge in [-0.2, -0.15) is 0 Å². The molecule has 5 aromatic rings. The van der Waals surface area contributed by atoms with Crippen LogP contribution in [0, 0.1) is 29.6 Å². The van der Waals surface area contributed by atoms with Crippen molar-refractivity contribution in [1.82, 2.24) is 4.98 Å². The van der Waals surface area contributed by atoms with Crippen LogP contribution in [-0.4, -0.2) is 34.6 Å². The number of halogens is 2. The number of hydrogen-bond donors (Lipinski definition) is 2. The highest BCUT2D eigenvalue weighted by Crippen LogP contribution is 2.69. The molecule has 4 aromatic carbocycles. The fourth-order valence-corrected chi connectivity index (χ4v) is 11.9.